The molecule has 2 fully saturated rings. The van der Waals surface area contributed by atoms with E-state index in [9.17, 15) is 0 Å². The summed E-state index contributed by atoms with van der Waals surface area (Å²) in [5.41, 5.74) is 0. The van der Waals surface area contributed by atoms with Gasteiger partial charge in [-0.05, 0) is 12.8 Å². The minimum atomic E-state index is -0.256. The Hall–Kier alpha value is -0.650. The number of hydrazone groups is 1. The summed E-state index contributed by atoms with van der Waals surface area (Å²) >= 11 is 0. The van der Waals surface area contributed by atoms with Crippen molar-refractivity contribution in [3.05, 3.63) is 0 Å². The van der Waals surface area contributed by atoms with Crippen molar-refractivity contribution in [2.24, 2.45) is 5.10 Å². The van der Waals surface area contributed by atoms with Gasteiger partial charge in [0.1, 0.15) is 0 Å². The van der Waals surface area contributed by atoms with Crippen LogP contribution >= 0.6 is 0 Å². The molecule has 0 aromatic heterocycles. The smallest absolute Gasteiger partial charge is 0.195 e. The van der Waals surface area contributed by atoms with Gasteiger partial charge in [-0.3, -0.25) is 5.01 Å². The minimum Gasteiger partial charge on any atom is -0.382 e. The van der Waals surface area contributed by atoms with Gasteiger partial charge in [0.05, 0.1) is 32.1 Å². The largest absolute Gasteiger partial charge is 0.382 e. The van der Waals surface area contributed by atoms with Crippen LogP contribution < -0.4 is 0 Å². The van der Waals surface area contributed by atoms with Gasteiger partial charge in [-0.25, -0.2) is 0 Å². The number of methoxy groups -OCH3 is 1. The molecule has 0 unspecified atom stereocenters. The highest BCUT2D eigenvalue weighted by molar-refractivity contribution is 5.61. The van der Waals surface area contributed by atoms with E-state index in [1.165, 1.54) is 6.42 Å². The van der Waals surface area contributed by atoms with Gasteiger partial charge in [0, 0.05) is 13.7 Å². The van der Waals surface area contributed by atoms with Crippen LogP contribution in [0.4, 0.5) is 0 Å². The number of ether oxygens (including phenoxy) is 3. The van der Waals surface area contributed by atoms with E-state index in [-0.39, 0.29) is 6.29 Å². The SMILES string of the molecule is COC[C@@H]1CCCN1/N=C/C1OCCO1. The summed E-state index contributed by atoms with van der Waals surface area (Å²) in [5.74, 6) is 0. The van der Waals surface area contributed by atoms with Crippen LogP contribution in [0.1, 0.15) is 12.8 Å². The lowest BCUT2D eigenvalue weighted by Crippen LogP contribution is -2.29. The molecule has 2 saturated heterocycles. The van der Waals surface area contributed by atoms with Crippen LogP contribution in [0.15, 0.2) is 5.10 Å². The average Bonchev–Trinajstić information content (AvgIpc) is 2.85. The molecule has 0 aromatic carbocycles. The van der Waals surface area contributed by atoms with Crippen molar-refractivity contribution in [2.45, 2.75) is 25.2 Å². The second-order valence-corrected chi connectivity index (χ2v) is 3.79. The summed E-state index contributed by atoms with van der Waals surface area (Å²) in [4.78, 5) is 0. The summed E-state index contributed by atoms with van der Waals surface area (Å²) in [6, 6.07) is 0.410. The maximum atomic E-state index is 5.28. The first-order valence-corrected chi connectivity index (χ1v) is 5.43. The molecule has 0 N–H and O–H groups in total. The molecule has 0 aliphatic carbocycles. The molecule has 5 nitrogen and oxygen atoms in total. The van der Waals surface area contributed by atoms with Crippen molar-refractivity contribution in [1.82, 2.24) is 5.01 Å². The van der Waals surface area contributed by atoms with Gasteiger partial charge in [-0.2, -0.15) is 5.10 Å². The highest BCUT2D eigenvalue weighted by Crippen LogP contribution is 2.17. The van der Waals surface area contributed by atoms with E-state index in [4.69, 9.17) is 14.2 Å². The summed E-state index contributed by atoms with van der Waals surface area (Å²) < 4.78 is 15.7. The molecule has 1 atom stereocenters. The molecule has 0 spiro atoms. The molecule has 0 aromatic rings. The zero-order valence-electron chi connectivity index (χ0n) is 9.09. The molecule has 15 heavy (non-hydrogen) atoms. The Morgan fingerprint density at radius 1 is 1.47 bits per heavy atom. The van der Waals surface area contributed by atoms with Gasteiger partial charge in [-0.15, -0.1) is 0 Å². The van der Waals surface area contributed by atoms with Crippen molar-refractivity contribution in [1.29, 1.82) is 0 Å². The number of hydrogen-bond acceptors (Lipinski definition) is 5. The lowest BCUT2D eigenvalue weighted by Gasteiger charge is -2.20. The van der Waals surface area contributed by atoms with E-state index in [1.54, 1.807) is 13.3 Å². The first-order valence-electron chi connectivity index (χ1n) is 5.43. The molecule has 2 rings (SSSR count). The van der Waals surface area contributed by atoms with Gasteiger partial charge in [0.2, 0.25) is 0 Å². The van der Waals surface area contributed by atoms with Crippen molar-refractivity contribution < 1.29 is 14.2 Å². The highest BCUT2D eigenvalue weighted by atomic mass is 16.7. The summed E-state index contributed by atoms with van der Waals surface area (Å²) in [7, 11) is 1.73. The van der Waals surface area contributed by atoms with Crippen LogP contribution in [0, 0.1) is 0 Å². The zero-order valence-corrected chi connectivity index (χ0v) is 9.09. The Kier molecular flexibility index (Phi) is 3.94. The van der Waals surface area contributed by atoms with Crippen LogP contribution in [0.2, 0.25) is 0 Å². The maximum absolute atomic E-state index is 5.28. The van der Waals surface area contributed by atoms with E-state index < -0.39 is 0 Å². The standard InChI is InChI=1S/C10H18N2O3/c1-13-8-9-3-2-4-12(9)11-7-10-14-5-6-15-10/h7,9-10H,2-6,8H2,1H3/b11-7+/t9-/m0/s1. The Morgan fingerprint density at radius 2 is 2.27 bits per heavy atom. The van der Waals surface area contributed by atoms with Crippen LogP contribution in [0.3, 0.4) is 0 Å². The molecule has 0 saturated carbocycles. The van der Waals surface area contributed by atoms with Gasteiger partial charge < -0.3 is 14.2 Å². The molecular weight excluding hydrogens is 196 g/mol. The van der Waals surface area contributed by atoms with Crippen molar-refractivity contribution in [3.63, 3.8) is 0 Å². The summed E-state index contributed by atoms with van der Waals surface area (Å²) in [6.45, 7) is 3.07. The topological polar surface area (TPSA) is 43.3 Å². The summed E-state index contributed by atoms with van der Waals surface area (Å²) in [6.07, 6.45) is 3.81. The van der Waals surface area contributed by atoms with Crippen molar-refractivity contribution in [2.75, 3.05) is 33.5 Å². The Balaban J connectivity index is 1.81. The van der Waals surface area contributed by atoms with E-state index in [2.05, 4.69) is 10.1 Å². The number of nitrogens with zero attached hydrogens (tertiary/aromatic N) is 2. The van der Waals surface area contributed by atoms with E-state index >= 15 is 0 Å². The van der Waals surface area contributed by atoms with E-state index in [0.717, 1.165) is 19.6 Å². The predicted octanol–water partition coefficient (Wildman–Crippen LogP) is 0.456. The fourth-order valence-corrected chi connectivity index (χ4v) is 1.94. The molecule has 2 heterocycles. The Morgan fingerprint density at radius 3 is 3.00 bits per heavy atom. The molecule has 0 bridgehead atoms. The van der Waals surface area contributed by atoms with Crippen LogP contribution in [-0.4, -0.2) is 57.0 Å². The molecule has 2 aliphatic heterocycles. The lowest BCUT2D eigenvalue weighted by molar-refractivity contribution is 0.0169. The minimum absolute atomic E-state index is 0.256. The van der Waals surface area contributed by atoms with E-state index in [0.29, 0.717) is 19.3 Å². The van der Waals surface area contributed by atoms with Gasteiger partial charge in [0.15, 0.2) is 6.29 Å². The quantitative estimate of drug-likeness (QED) is 0.637. The van der Waals surface area contributed by atoms with E-state index in [1.807, 2.05) is 0 Å². The monoisotopic (exact) mass is 214 g/mol. The molecule has 86 valence electrons. The van der Waals surface area contributed by atoms with Crippen LogP contribution in [0.5, 0.6) is 0 Å². The fourth-order valence-electron chi connectivity index (χ4n) is 1.94. The average molecular weight is 214 g/mol. The second-order valence-electron chi connectivity index (χ2n) is 3.79. The third kappa shape index (κ3) is 2.90. The zero-order chi connectivity index (χ0) is 10.5. The molecule has 5 heteroatoms. The number of rotatable bonds is 4. The molecule has 0 radical (unpaired) electrons. The first-order chi connectivity index (χ1) is 7.40. The van der Waals surface area contributed by atoms with Gasteiger partial charge >= 0.3 is 0 Å². The van der Waals surface area contributed by atoms with Crippen LogP contribution in [0.25, 0.3) is 0 Å². The van der Waals surface area contributed by atoms with Crippen LogP contribution in [-0.2, 0) is 14.2 Å². The molecular formula is C10H18N2O3. The third-order valence-corrected chi connectivity index (χ3v) is 2.69. The summed E-state index contributed by atoms with van der Waals surface area (Å²) in [5, 5.41) is 6.45. The Bertz CT molecular complexity index is 217. The van der Waals surface area contributed by atoms with Gasteiger partial charge in [0.25, 0.3) is 0 Å². The lowest BCUT2D eigenvalue weighted by atomic mass is 10.2. The van der Waals surface area contributed by atoms with Gasteiger partial charge in [-0.1, -0.05) is 0 Å². The third-order valence-electron chi connectivity index (χ3n) is 2.69. The Labute approximate surface area is 90.0 Å². The normalized spacial score (nSPS) is 28.3. The van der Waals surface area contributed by atoms with Crippen molar-refractivity contribution >= 4 is 6.21 Å². The first kappa shape index (κ1) is 10.9. The fraction of sp³-hybridized carbons (Fsp3) is 0.900. The highest BCUT2D eigenvalue weighted by Gasteiger charge is 2.23. The molecule has 2 aliphatic rings. The van der Waals surface area contributed by atoms with Crippen molar-refractivity contribution in [3.8, 4) is 0 Å². The molecule has 0 amide bonds. The second kappa shape index (κ2) is 5.44. The predicted molar refractivity (Wildman–Crippen MR) is 55.8 cm³/mol. The number of hydrogen-bond donors (Lipinski definition) is 0. The maximum Gasteiger partial charge on any atom is 0.195 e.